The maximum atomic E-state index is 12.7. The van der Waals surface area contributed by atoms with Crippen LogP contribution in [0.1, 0.15) is 27.5 Å². The molecule has 4 aromatic rings. The minimum absolute atomic E-state index is 0.00151. The van der Waals surface area contributed by atoms with Crippen LogP contribution in [0.4, 0.5) is 11.6 Å². The average Bonchev–Trinajstić information content (AvgIpc) is 3.25. The van der Waals surface area contributed by atoms with Gasteiger partial charge in [-0.25, -0.2) is 23.1 Å². The Morgan fingerprint density at radius 2 is 1.59 bits per heavy atom. The van der Waals surface area contributed by atoms with E-state index < -0.39 is 15.9 Å². The Bertz CT molecular complexity index is 1460. The lowest BCUT2D eigenvalue weighted by molar-refractivity contribution is 0.0997. The molecule has 0 unspecified atom stereocenters. The molecule has 2 heterocycles. The van der Waals surface area contributed by atoms with Crippen molar-refractivity contribution in [3.63, 3.8) is 0 Å². The number of sulfonamides is 1. The fourth-order valence-electron chi connectivity index (χ4n) is 3.22. The molecule has 0 fully saturated rings. The molecule has 0 aliphatic rings. The number of hydrogen-bond acceptors (Lipinski definition) is 6. The SMILES string of the molecule is Cc1cc(C)nc(NS(=O)(=O)c2ccc(NC(=O)c3ccc(-c4ccc(C)c(Cl)c4)o3)cc2)n1. The van der Waals surface area contributed by atoms with E-state index in [4.69, 9.17) is 16.0 Å². The molecule has 0 spiro atoms. The van der Waals surface area contributed by atoms with Gasteiger partial charge in [0.15, 0.2) is 5.76 Å². The zero-order chi connectivity index (χ0) is 24.5. The molecule has 0 radical (unpaired) electrons. The van der Waals surface area contributed by atoms with Gasteiger partial charge in [0.05, 0.1) is 4.90 Å². The normalized spacial score (nSPS) is 11.3. The smallest absolute Gasteiger partial charge is 0.291 e. The summed E-state index contributed by atoms with van der Waals surface area (Å²) in [5.74, 6) is 0.144. The first-order valence-electron chi connectivity index (χ1n) is 10.2. The summed E-state index contributed by atoms with van der Waals surface area (Å²) in [6.45, 7) is 5.40. The Labute approximate surface area is 202 Å². The number of benzene rings is 2. The van der Waals surface area contributed by atoms with Crippen molar-refractivity contribution in [2.24, 2.45) is 0 Å². The minimum Gasteiger partial charge on any atom is -0.451 e. The number of furan rings is 1. The van der Waals surface area contributed by atoms with Crippen molar-refractivity contribution < 1.29 is 17.6 Å². The van der Waals surface area contributed by atoms with Crippen LogP contribution in [0.5, 0.6) is 0 Å². The Morgan fingerprint density at radius 3 is 2.24 bits per heavy atom. The summed E-state index contributed by atoms with van der Waals surface area (Å²) in [7, 11) is -3.90. The number of halogens is 1. The van der Waals surface area contributed by atoms with Gasteiger partial charge in [0, 0.05) is 27.7 Å². The third-order valence-corrected chi connectivity index (χ3v) is 6.67. The summed E-state index contributed by atoms with van der Waals surface area (Å²) < 4.78 is 33.4. The van der Waals surface area contributed by atoms with E-state index in [1.807, 2.05) is 19.1 Å². The maximum absolute atomic E-state index is 12.7. The van der Waals surface area contributed by atoms with Crippen molar-refractivity contribution in [2.75, 3.05) is 10.0 Å². The van der Waals surface area contributed by atoms with Gasteiger partial charge < -0.3 is 9.73 Å². The molecule has 2 aromatic carbocycles. The molecule has 174 valence electrons. The van der Waals surface area contributed by atoms with Gasteiger partial charge in [-0.2, -0.15) is 0 Å². The molecule has 10 heteroatoms. The monoisotopic (exact) mass is 496 g/mol. The van der Waals surface area contributed by atoms with E-state index in [-0.39, 0.29) is 16.6 Å². The molecule has 0 atom stereocenters. The van der Waals surface area contributed by atoms with Crippen LogP contribution in [-0.4, -0.2) is 24.3 Å². The number of nitrogens with zero attached hydrogens (tertiary/aromatic N) is 2. The first-order valence-corrected chi connectivity index (χ1v) is 12.1. The van der Waals surface area contributed by atoms with Crippen LogP contribution in [-0.2, 0) is 10.0 Å². The number of aryl methyl sites for hydroxylation is 3. The molecule has 1 amide bonds. The molecule has 4 rings (SSSR count). The van der Waals surface area contributed by atoms with Crippen LogP contribution in [0.2, 0.25) is 5.02 Å². The van der Waals surface area contributed by atoms with E-state index in [9.17, 15) is 13.2 Å². The molecule has 2 N–H and O–H groups in total. The summed E-state index contributed by atoms with van der Waals surface area (Å²) in [5.41, 5.74) is 3.40. The van der Waals surface area contributed by atoms with Gasteiger partial charge in [0.1, 0.15) is 5.76 Å². The fourth-order valence-corrected chi connectivity index (χ4v) is 4.35. The molecule has 0 saturated carbocycles. The lowest BCUT2D eigenvalue weighted by atomic mass is 10.1. The van der Waals surface area contributed by atoms with E-state index in [0.717, 1.165) is 11.1 Å². The molecule has 34 heavy (non-hydrogen) atoms. The molecule has 0 aliphatic heterocycles. The summed E-state index contributed by atoms with van der Waals surface area (Å²) >= 11 is 6.17. The van der Waals surface area contributed by atoms with Gasteiger partial charge in [0.2, 0.25) is 5.95 Å². The summed E-state index contributed by atoms with van der Waals surface area (Å²) in [6.07, 6.45) is 0. The average molecular weight is 497 g/mol. The molecule has 8 nitrogen and oxygen atoms in total. The quantitative estimate of drug-likeness (QED) is 0.371. The second kappa shape index (κ2) is 9.28. The number of rotatable bonds is 6. The number of carbonyl (C=O) groups is 1. The first-order chi connectivity index (χ1) is 16.1. The topological polar surface area (TPSA) is 114 Å². The highest BCUT2D eigenvalue weighted by atomic mass is 35.5. The number of aromatic nitrogens is 2. The van der Waals surface area contributed by atoms with Crippen molar-refractivity contribution in [2.45, 2.75) is 25.7 Å². The van der Waals surface area contributed by atoms with Crippen LogP contribution in [0.25, 0.3) is 11.3 Å². The summed E-state index contributed by atoms with van der Waals surface area (Å²) in [6, 6.07) is 16.2. The maximum Gasteiger partial charge on any atom is 0.291 e. The van der Waals surface area contributed by atoms with Crippen molar-refractivity contribution >= 4 is 39.2 Å². The Balaban J connectivity index is 1.45. The molecule has 0 aliphatic carbocycles. The second-order valence-electron chi connectivity index (χ2n) is 7.69. The highest BCUT2D eigenvalue weighted by Gasteiger charge is 2.17. The van der Waals surface area contributed by atoms with Gasteiger partial charge in [-0.1, -0.05) is 23.7 Å². The summed E-state index contributed by atoms with van der Waals surface area (Å²) in [4.78, 5) is 20.8. The minimum atomic E-state index is -3.90. The lowest BCUT2D eigenvalue weighted by Crippen LogP contribution is -2.16. The number of carbonyl (C=O) groups excluding carboxylic acids is 1. The van der Waals surface area contributed by atoms with E-state index in [1.165, 1.54) is 24.3 Å². The number of amides is 1. The van der Waals surface area contributed by atoms with Gasteiger partial charge in [-0.05, 0) is 74.9 Å². The van der Waals surface area contributed by atoms with Crippen LogP contribution < -0.4 is 10.0 Å². The molecule has 0 saturated heterocycles. The number of hydrogen-bond donors (Lipinski definition) is 2. The van der Waals surface area contributed by atoms with Crippen molar-refractivity contribution in [3.8, 4) is 11.3 Å². The Kier molecular flexibility index (Phi) is 6.41. The Hall–Kier alpha value is -3.69. The van der Waals surface area contributed by atoms with E-state index in [0.29, 0.717) is 27.9 Å². The Morgan fingerprint density at radius 1 is 0.912 bits per heavy atom. The van der Waals surface area contributed by atoms with Crippen LogP contribution in [0.15, 0.2) is 70.0 Å². The van der Waals surface area contributed by atoms with Gasteiger partial charge >= 0.3 is 0 Å². The van der Waals surface area contributed by atoms with Crippen LogP contribution in [0.3, 0.4) is 0 Å². The molecular weight excluding hydrogens is 476 g/mol. The molecule has 0 bridgehead atoms. The predicted molar refractivity (Wildman–Crippen MR) is 131 cm³/mol. The zero-order valence-corrected chi connectivity index (χ0v) is 20.2. The molecule has 2 aromatic heterocycles. The van der Waals surface area contributed by atoms with Gasteiger partial charge in [-0.15, -0.1) is 0 Å². The largest absolute Gasteiger partial charge is 0.451 e. The standard InChI is InChI=1S/C24H21ClN4O4S/c1-14-4-5-17(13-20(14)25)21-10-11-22(33-21)23(30)28-18-6-8-19(9-7-18)34(31,32)29-24-26-15(2)12-16(3)27-24/h4-13H,1-3H3,(H,28,30)(H,26,27,29). The van der Waals surface area contributed by atoms with Crippen LogP contribution >= 0.6 is 11.6 Å². The lowest BCUT2D eigenvalue weighted by Gasteiger charge is -2.09. The van der Waals surface area contributed by atoms with E-state index >= 15 is 0 Å². The highest BCUT2D eigenvalue weighted by Crippen LogP contribution is 2.27. The fraction of sp³-hybridized carbons (Fsp3) is 0.125. The zero-order valence-electron chi connectivity index (χ0n) is 18.6. The van der Waals surface area contributed by atoms with E-state index in [1.54, 1.807) is 38.1 Å². The summed E-state index contributed by atoms with van der Waals surface area (Å²) in [5, 5.41) is 3.29. The van der Waals surface area contributed by atoms with Gasteiger partial charge in [-0.3, -0.25) is 4.79 Å². The third-order valence-electron chi connectivity index (χ3n) is 4.92. The van der Waals surface area contributed by atoms with Crippen molar-refractivity contribution in [1.29, 1.82) is 0 Å². The van der Waals surface area contributed by atoms with Crippen molar-refractivity contribution in [1.82, 2.24) is 9.97 Å². The number of anilines is 2. The van der Waals surface area contributed by atoms with E-state index in [2.05, 4.69) is 20.0 Å². The van der Waals surface area contributed by atoms with Crippen molar-refractivity contribution in [3.05, 3.63) is 88.4 Å². The first kappa shape index (κ1) is 23.5. The highest BCUT2D eigenvalue weighted by molar-refractivity contribution is 7.92. The van der Waals surface area contributed by atoms with Crippen LogP contribution in [0, 0.1) is 20.8 Å². The third kappa shape index (κ3) is 5.27. The predicted octanol–water partition coefficient (Wildman–Crippen LogP) is 5.37. The molecular formula is C24H21ClN4O4S. The number of nitrogens with one attached hydrogen (secondary N) is 2. The van der Waals surface area contributed by atoms with Gasteiger partial charge in [0.25, 0.3) is 15.9 Å². The second-order valence-corrected chi connectivity index (χ2v) is 9.78.